The Bertz CT molecular complexity index is 221. The predicted molar refractivity (Wildman–Crippen MR) is 54.1 cm³/mol. The van der Waals surface area contributed by atoms with Gasteiger partial charge in [-0.3, -0.25) is 0 Å². The second-order valence-corrected chi connectivity index (χ2v) is 5.06. The van der Waals surface area contributed by atoms with Crippen molar-refractivity contribution < 1.29 is 20.4 Å². The normalized spacial score (nSPS) is 44.8. The fourth-order valence-corrected chi connectivity index (χ4v) is 3.45. The lowest BCUT2D eigenvalue weighted by Gasteiger charge is -2.48. The van der Waals surface area contributed by atoms with Crippen molar-refractivity contribution in [3.63, 3.8) is 0 Å². The Morgan fingerprint density at radius 1 is 1.07 bits per heavy atom. The van der Waals surface area contributed by atoms with Gasteiger partial charge in [0.05, 0.1) is 12.2 Å². The van der Waals surface area contributed by atoms with Crippen LogP contribution in [0.2, 0.25) is 0 Å². The van der Waals surface area contributed by atoms with Crippen molar-refractivity contribution in [1.29, 1.82) is 0 Å². The quantitative estimate of drug-likeness (QED) is 0.482. The maximum Gasteiger partial charge on any atom is 0.106 e. The summed E-state index contributed by atoms with van der Waals surface area (Å²) in [6, 6.07) is 0. The Morgan fingerprint density at radius 2 is 1.67 bits per heavy atom. The van der Waals surface area contributed by atoms with E-state index in [1.807, 2.05) is 0 Å². The molecule has 2 aliphatic carbocycles. The molecule has 4 nitrogen and oxygen atoms in total. The van der Waals surface area contributed by atoms with E-state index in [0.717, 1.165) is 25.7 Å². The first-order valence-electron chi connectivity index (χ1n) is 5.77. The van der Waals surface area contributed by atoms with Crippen LogP contribution in [-0.4, -0.2) is 45.3 Å². The molecule has 15 heavy (non-hydrogen) atoms. The second-order valence-electron chi connectivity index (χ2n) is 5.06. The van der Waals surface area contributed by atoms with E-state index in [1.54, 1.807) is 0 Å². The zero-order valence-corrected chi connectivity index (χ0v) is 8.84. The van der Waals surface area contributed by atoms with E-state index in [1.165, 1.54) is 0 Å². The zero-order valence-electron chi connectivity index (χ0n) is 8.84. The molecular formula is C11H20O4. The molecule has 4 heteroatoms. The number of hydrogen-bond donors (Lipinski definition) is 4. The molecule has 0 saturated heterocycles. The van der Waals surface area contributed by atoms with Crippen LogP contribution in [-0.2, 0) is 0 Å². The van der Waals surface area contributed by atoms with Crippen LogP contribution < -0.4 is 0 Å². The maximum atomic E-state index is 10.1. The molecule has 0 aliphatic heterocycles. The van der Waals surface area contributed by atoms with Gasteiger partial charge in [-0.05, 0) is 25.2 Å². The molecule has 4 N–H and O–H groups in total. The average Bonchev–Trinajstić information content (AvgIpc) is 2.71. The van der Waals surface area contributed by atoms with Crippen LogP contribution in [0.3, 0.4) is 0 Å². The second kappa shape index (κ2) is 4.01. The zero-order chi connectivity index (χ0) is 11.1. The highest BCUT2D eigenvalue weighted by molar-refractivity contribution is 5.04. The third-order valence-corrected chi connectivity index (χ3v) is 4.40. The lowest BCUT2D eigenvalue weighted by Crippen LogP contribution is -2.57. The predicted octanol–water partition coefficient (Wildman–Crippen LogP) is -0.358. The van der Waals surface area contributed by atoms with Crippen LogP contribution in [0.15, 0.2) is 0 Å². The third kappa shape index (κ3) is 1.60. The largest absolute Gasteiger partial charge is 0.396 e. The monoisotopic (exact) mass is 216 g/mol. The van der Waals surface area contributed by atoms with Gasteiger partial charge in [0.25, 0.3) is 0 Å². The smallest absolute Gasteiger partial charge is 0.106 e. The number of aliphatic hydroxyl groups excluding tert-OH is 4. The highest BCUT2D eigenvalue weighted by Crippen LogP contribution is 2.52. The average molecular weight is 216 g/mol. The molecule has 4 atom stereocenters. The molecule has 0 amide bonds. The van der Waals surface area contributed by atoms with E-state index < -0.39 is 18.3 Å². The van der Waals surface area contributed by atoms with Crippen molar-refractivity contribution in [2.75, 3.05) is 6.61 Å². The Hall–Kier alpha value is -0.160. The summed E-state index contributed by atoms with van der Waals surface area (Å²) < 4.78 is 0. The molecule has 0 unspecified atom stereocenters. The van der Waals surface area contributed by atoms with Crippen molar-refractivity contribution in [2.24, 2.45) is 11.3 Å². The molecule has 0 aromatic heterocycles. The Labute approximate surface area is 89.6 Å². The van der Waals surface area contributed by atoms with Crippen molar-refractivity contribution >= 4 is 0 Å². The van der Waals surface area contributed by atoms with E-state index in [9.17, 15) is 20.4 Å². The highest BCUT2D eigenvalue weighted by atomic mass is 16.4. The summed E-state index contributed by atoms with van der Waals surface area (Å²) in [5, 5.41) is 38.7. The summed E-state index contributed by atoms with van der Waals surface area (Å²) in [6.07, 6.45) is 1.34. The van der Waals surface area contributed by atoms with Gasteiger partial charge in [0.15, 0.2) is 0 Å². The van der Waals surface area contributed by atoms with Crippen LogP contribution in [0.25, 0.3) is 0 Å². The van der Waals surface area contributed by atoms with Gasteiger partial charge in [-0.2, -0.15) is 0 Å². The van der Waals surface area contributed by atoms with Crippen LogP contribution in [0.1, 0.15) is 32.1 Å². The highest BCUT2D eigenvalue weighted by Gasteiger charge is 2.54. The minimum Gasteiger partial charge on any atom is -0.396 e. The molecule has 2 rings (SSSR count). The van der Waals surface area contributed by atoms with Gasteiger partial charge in [0.2, 0.25) is 0 Å². The van der Waals surface area contributed by atoms with E-state index in [0.29, 0.717) is 6.42 Å². The van der Waals surface area contributed by atoms with Crippen LogP contribution in [0, 0.1) is 11.3 Å². The number of hydrogen-bond acceptors (Lipinski definition) is 4. The van der Waals surface area contributed by atoms with Gasteiger partial charge in [-0.1, -0.05) is 12.8 Å². The lowest BCUT2D eigenvalue weighted by molar-refractivity contribution is -0.177. The molecule has 0 heterocycles. The lowest BCUT2D eigenvalue weighted by atomic mass is 9.62. The molecule has 0 radical (unpaired) electrons. The fraction of sp³-hybridized carbons (Fsp3) is 1.00. The van der Waals surface area contributed by atoms with Crippen LogP contribution in [0.5, 0.6) is 0 Å². The molecule has 0 aromatic rings. The summed E-state index contributed by atoms with van der Waals surface area (Å²) in [6.45, 7) is -0.0131. The Kier molecular flexibility index (Phi) is 3.03. The van der Waals surface area contributed by atoms with Crippen molar-refractivity contribution in [3.05, 3.63) is 0 Å². The van der Waals surface area contributed by atoms with E-state index in [-0.39, 0.29) is 17.9 Å². The topological polar surface area (TPSA) is 80.9 Å². The maximum absolute atomic E-state index is 10.1. The minimum absolute atomic E-state index is 0.0131. The minimum atomic E-state index is -1.05. The van der Waals surface area contributed by atoms with Crippen molar-refractivity contribution in [1.82, 2.24) is 0 Å². The molecule has 2 fully saturated rings. The van der Waals surface area contributed by atoms with Gasteiger partial charge in [0.1, 0.15) is 6.10 Å². The van der Waals surface area contributed by atoms with Crippen LogP contribution >= 0.6 is 0 Å². The molecule has 2 saturated carbocycles. The van der Waals surface area contributed by atoms with Gasteiger partial charge in [0, 0.05) is 12.0 Å². The fourth-order valence-electron chi connectivity index (χ4n) is 3.45. The van der Waals surface area contributed by atoms with Gasteiger partial charge in [-0.15, -0.1) is 0 Å². The number of aliphatic hydroxyl groups is 4. The summed E-state index contributed by atoms with van der Waals surface area (Å²) in [4.78, 5) is 0. The van der Waals surface area contributed by atoms with Crippen molar-refractivity contribution in [2.45, 2.75) is 50.4 Å². The van der Waals surface area contributed by atoms with E-state index in [4.69, 9.17) is 0 Å². The molecule has 2 aliphatic rings. The summed E-state index contributed by atoms with van der Waals surface area (Å²) >= 11 is 0. The molecule has 1 spiro atoms. The standard InChI is InChI=1S/C11H20O4/c12-6-7-5-8(13)9(14)10(15)11(7)3-1-2-4-11/h7-10,12-15H,1-6H2/t7-,8-,9+,10-/m1/s1. The summed E-state index contributed by atoms with van der Waals surface area (Å²) in [7, 11) is 0. The molecule has 0 aromatic carbocycles. The van der Waals surface area contributed by atoms with Gasteiger partial charge >= 0.3 is 0 Å². The molecular weight excluding hydrogens is 196 g/mol. The van der Waals surface area contributed by atoms with Gasteiger partial charge in [-0.25, -0.2) is 0 Å². The SMILES string of the molecule is OC[C@H]1C[C@@H](O)[C@H](O)[C@@H](O)C12CCCC2. The first kappa shape index (κ1) is 11.3. The molecule has 88 valence electrons. The van der Waals surface area contributed by atoms with Crippen molar-refractivity contribution in [3.8, 4) is 0 Å². The Balaban J connectivity index is 2.24. The van der Waals surface area contributed by atoms with E-state index >= 15 is 0 Å². The summed E-state index contributed by atoms with van der Waals surface area (Å²) in [5.74, 6) is -0.0756. The first-order chi connectivity index (χ1) is 7.12. The Morgan fingerprint density at radius 3 is 2.20 bits per heavy atom. The molecule has 0 bridgehead atoms. The third-order valence-electron chi connectivity index (χ3n) is 4.40. The summed E-state index contributed by atoms with van der Waals surface area (Å²) in [5.41, 5.74) is -0.354. The number of rotatable bonds is 1. The van der Waals surface area contributed by atoms with Gasteiger partial charge < -0.3 is 20.4 Å². The van der Waals surface area contributed by atoms with Crippen LogP contribution in [0.4, 0.5) is 0 Å². The first-order valence-corrected chi connectivity index (χ1v) is 5.77. The van der Waals surface area contributed by atoms with E-state index in [2.05, 4.69) is 0 Å².